The first-order valence-electron chi connectivity index (χ1n) is 7.32. The molecule has 2 aromatic carbocycles. The Morgan fingerprint density at radius 3 is 2.52 bits per heavy atom. The van der Waals surface area contributed by atoms with Gasteiger partial charge in [-0.15, -0.1) is 0 Å². The van der Waals surface area contributed by atoms with Crippen LogP contribution in [0.2, 0.25) is 10.0 Å². The molecule has 0 amide bonds. The Kier molecular flexibility index (Phi) is 6.63. The second-order valence-corrected chi connectivity index (χ2v) is 5.64. The lowest BCUT2D eigenvalue weighted by atomic mass is 10.2. The normalized spacial score (nSPS) is 10.2. The maximum atomic E-state index is 6.32. The number of halogens is 2. The summed E-state index contributed by atoms with van der Waals surface area (Å²) >= 11 is 12.2. The molecule has 0 fully saturated rings. The van der Waals surface area contributed by atoms with Crippen LogP contribution in [0.5, 0.6) is 11.5 Å². The molecule has 0 saturated carbocycles. The molecule has 2 aromatic rings. The summed E-state index contributed by atoms with van der Waals surface area (Å²) in [5, 5.41) is 4.55. The fourth-order valence-corrected chi connectivity index (χ4v) is 2.45. The largest absolute Gasteiger partial charge is 0.490 e. The summed E-state index contributed by atoms with van der Waals surface area (Å²) in [6, 6.07) is 11.3. The van der Waals surface area contributed by atoms with E-state index in [2.05, 4.69) is 11.9 Å². The molecule has 122 valence electrons. The maximum Gasteiger partial charge on any atom is 0.180 e. The molecular formula is C18H19Cl2NO2. The zero-order chi connectivity index (χ0) is 16.7. The quantitative estimate of drug-likeness (QED) is 0.630. The van der Waals surface area contributed by atoms with Gasteiger partial charge in [-0.25, -0.2) is 0 Å². The Balaban J connectivity index is 2.15. The number of nitrogens with one attached hydrogen (secondary N) is 1. The van der Waals surface area contributed by atoms with Crippen LogP contribution in [0.4, 0.5) is 5.69 Å². The molecule has 0 aliphatic carbocycles. The van der Waals surface area contributed by atoms with Gasteiger partial charge in [0.2, 0.25) is 0 Å². The van der Waals surface area contributed by atoms with Gasteiger partial charge in [0.25, 0.3) is 0 Å². The van der Waals surface area contributed by atoms with E-state index in [9.17, 15) is 0 Å². The Bertz CT molecular complexity index is 657. The highest BCUT2D eigenvalue weighted by atomic mass is 35.5. The summed E-state index contributed by atoms with van der Waals surface area (Å²) in [4.78, 5) is 0. The van der Waals surface area contributed by atoms with Crippen molar-refractivity contribution in [2.45, 2.75) is 13.5 Å². The third-order valence-electron chi connectivity index (χ3n) is 3.06. The van der Waals surface area contributed by atoms with Crippen molar-refractivity contribution in [1.29, 1.82) is 0 Å². The summed E-state index contributed by atoms with van der Waals surface area (Å²) < 4.78 is 11.2. The molecule has 0 aromatic heterocycles. The van der Waals surface area contributed by atoms with Gasteiger partial charge in [-0.1, -0.05) is 35.9 Å². The second-order valence-electron chi connectivity index (χ2n) is 4.80. The third-order valence-corrected chi connectivity index (χ3v) is 3.59. The Hall–Kier alpha value is -1.84. The predicted octanol–water partition coefficient (Wildman–Crippen LogP) is 5.57. The molecule has 0 aliphatic heterocycles. The van der Waals surface area contributed by atoms with Crippen molar-refractivity contribution in [3.8, 4) is 11.5 Å². The molecule has 23 heavy (non-hydrogen) atoms. The molecular weight excluding hydrogens is 333 g/mol. The monoisotopic (exact) mass is 351 g/mol. The fourth-order valence-electron chi connectivity index (χ4n) is 2.04. The zero-order valence-electron chi connectivity index (χ0n) is 12.9. The molecule has 0 unspecified atom stereocenters. The van der Waals surface area contributed by atoms with E-state index in [1.165, 1.54) is 0 Å². The van der Waals surface area contributed by atoms with Crippen molar-refractivity contribution < 1.29 is 9.47 Å². The van der Waals surface area contributed by atoms with E-state index in [4.69, 9.17) is 32.7 Å². The molecule has 0 spiro atoms. The molecule has 0 radical (unpaired) electrons. The van der Waals surface area contributed by atoms with Crippen LogP contribution < -0.4 is 14.8 Å². The van der Waals surface area contributed by atoms with E-state index in [1.54, 1.807) is 6.08 Å². The first-order valence-corrected chi connectivity index (χ1v) is 8.08. The van der Waals surface area contributed by atoms with Crippen molar-refractivity contribution >= 4 is 28.9 Å². The van der Waals surface area contributed by atoms with Crippen LogP contribution in [0.1, 0.15) is 12.5 Å². The van der Waals surface area contributed by atoms with Crippen molar-refractivity contribution in [3.05, 3.63) is 64.7 Å². The standard InChI is InChI=1S/C18H19Cl2NO2/c1-3-9-23-18-16(20)10-13(11-17(18)22-4-2)12-21-15-7-5-14(19)6-8-15/h3,5-8,10-11,21H,1,4,9,12H2,2H3. The lowest BCUT2D eigenvalue weighted by Crippen LogP contribution is -2.03. The zero-order valence-corrected chi connectivity index (χ0v) is 14.5. The number of hydrogen-bond acceptors (Lipinski definition) is 3. The number of benzene rings is 2. The average Bonchev–Trinajstić information content (AvgIpc) is 2.54. The first-order chi connectivity index (χ1) is 11.1. The molecule has 0 heterocycles. The van der Waals surface area contributed by atoms with Gasteiger partial charge in [0.1, 0.15) is 6.61 Å². The lowest BCUT2D eigenvalue weighted by Gasteiger charge is -2.15. The van der Waals surface area contributed by atoms with Crippen LogP contribution in [-0.4, -0.2) is 13.2 Å². The molecule has 0 bridgehead atoms. The summed E-state index contributed by atoms with van der Waals surface area (Å²) in [5.74, 6) is 1.18. The van der Waals surface area contributed by atoms with Crippen LogP contribution in [0.25, 0.3) is 0 Å². The first kappa shape index (κ1) is 17.5. The van der Waals surface area contributed by atoms with Crippen LogP contribution in [0, 0.1) is 0 Å². The Morgan fingerprint density at radius 1 is 1.13 bits per heavy atom. The molecule has 0 saturated heterocycles. The van der Waals surface area contributed by atoms with Gasteiger partial charge in [-0.3, -0.25) is 0 Å². The maximum absolute atomic E-state index is 6.32. The van der Waals surface area contributed by atoms with Crippen LogP contribution in [0.3, 0.4) is 0 Å². The van der Waals surface area contributed by atoms with Crippen molar-refractivity contribution in [1.82, 2.24) is 0 Å². The molecule has 1 N–H and O–H groups in total. The minimum atomic E-state index is 0.377. The lowest BCUT2D eigenvalue weighted by molar-refractivity contribution is 0.297. The van der Waals surface area contributed by atoms with Gasteiger partial charge in [-0.2, -0.15) is 0 Å². The van der Waals surface area contributed by atoms with Crippen LogP contribution in [0.15, 0.2) is 49.1 Å². The fraction of sp³-hybridized carbons (Fsp3) is 0.222. The number of hydrogen-bond donors (Lipinski definition) is 1. The van der Waals surface area contributed by atoms with Crippen LogP contribution >= 0.6 is 23.2 Å². The highest BCUT2D eigenvalue weighted by molar-refractivity contribution is 6.32. The van der Waals surface area contributed by atoms with Crippen molar-refractivity contribution in [2.24, 2.45) is 0 Å². The minimum Gasteiger partial charge on any atom is -0.490 e. The van der Waals surface area contributed by atoms with Gasteiger partial charge in [0.15, 0.2) is 11.5 Å². The van der Waals surface area contributed by atoms with Gasteiger partial charge >= 0.3 is 0 Å². The van der Waals surface area contributed by atoms with Crippen molar-refractivity contribution in [2.75, 3.05) is 18.5 Å². The van der Waals surface area contributed by atoms with Gasteiger partial charge in [0.05, 0.1) is 11.6 Å². The van der Waals surface area contributed by atoms with Gasteiger partial charge < -0.3 is 14.8 Å². The predicted molar refractivity (Wildman–Crippen MR) is 97.1 cm³/mol. The number of rotatable bonds is 8. The SMILES string of the molecule is C=CCOc1c(Cl)cc(CNc2ccc(Cl)cc2)cc1OCC. The molecule has 3 nitrogen and oxygen atoms in total. The summed E-state index contributed by atoms with van der Waals surface area (Å²) in [5.41, 5.74) is 1.98. The molecule has 5 heteroatoms. The van der Waals surface area contributed by atoms with Crippen molar-refractivity contribution in [3.63, 3.8) is 0 Å². The van der Waals surface area contributed by atoms with E-state index < -0.39 is 0 Å². The number of ether oxygens (including phenoxy) is 2. The van der Waals surface area contributed by atoms with E-state index in [-0.39, 0.29) is 0 Å². The Morgan fingerprint density at radius 2 is 1.87 bits per heavy atom. The van der Waals surface area contributed by atoms with E-state index in [0.29, 0.717) is 41.3 Å². The summed E-state index contributed by atoms with van der Waals surface area (Å²) in [6.45, 7) is 7.09. The highest BCUT2D eigenvalue weighted by Crippen LogP contribution is 2.37. The van der Waals surface area contributed by atoms with Gasteiger partial charge in [0, 0.05) is 17.3 Å². The topological polar surface area (TPSA) is 30.5 Å². The summed E-state index contributed by atoms with van der Waals surface area (Å²) in [6.07, 6.45) is 1.67. The smallest absolute Gasteiger partial charge is 0.180 e. The minimum absolute atomic E-state index is 0.377. The van der Waals surface area contributed by atoms with E-state index >= 15 is 0 Å². The molecule has 0 atom stereocenters. The molecule has 0 aliphatic rings. The third kappa shape index (κ3) is 5.08. The highest BCUT2D eigenvalue weighted by Gasteiger charge is 2.12. The average molecular weight is 352 g/mol. The van der Waals surface area contributed by atoms with Gasteiger partial charge in [-0.05, 0) is 48.9 Å². The van der Waals surface area contributed by atoms with Crippen LogP contribution in [-0.2, 0) is 6.54 Å². The number of anilines is 1. The second kappa shape index (κ2) is 8.70. The Labute approximate surface area is 146 Å². The summed E-state index contributed by atoms with van der Waals surface area (Å²) in [7, 11) is 0. The van der Waals surface area contributed by atoms with E-state index in [1.807, 2.05) is 43.3 Å². The molecule has 2 rings (SSSR count). The van der Waals surface area contributed by atoms with E-state index in [0.717, 1.165) is 11.3 Å².